The fraction of sp³-hybridized carbons (Fsp3) is 0.333. The van der Waals surface area contributed by atoms with Crippen LogP contribution in [0.2, 0.25) is 0 Å². The molecule has 13 N–H and O–H groups in total. The highest BCUT2D eigenvalue weighted by Gasteiger charge is 2.32. The number of benzene rings is 2. The molecule has 0 aliphatic heterocycles. The second-order valence-electron chi connectivity index (χ2n) is 12.6. The summed E-state index contributed by atoms with van der Waals surface area (Å²) in [6.45, 7) is 0.946. The van der Waals surface area contributed by atoms with E-state index in [2.05, 4.69) is 46.5 Å². The molecule has 54 heavy (non-hydrogen) atoms. The first-order chi connectivity index (χ1) is 25.9. The fourth-order valence-corrected chi connectivity index (χ4v) is 5.75. The van der Waals surface area contributed by atoms with Crippen molar-refractivity contribution in [2.75, 3.05) is 13.1 Å². The molecule has 0 fully saturated rings. The lowest BCUT2D eigenvalue weighted by Gasteiger charge is -2.26. The van der Waals surface area contributed by atoms with Crippen LogP contribution in [-0.2, 0) is 48.0 Å². The van der Waals surface area contributed by atoms with Gasteiger partial charge < -0.3 is 53.8 Å². The number of nitrogens with one attached hydrogen (secondary N) is 7. The number of hydrogen-bond donors (Lipinski definition) is 10. The van der Waals surface area contributed by atoms with E-state index in [0.717, 1.165) is 10.9 Å². The molecule has 0 radical (unpaired) electrons. The summed E-state index contributed by atoms with van der Waals surface area (Å²) >= 11 is 0. The zero-order chi connectivity index (χ0) is 39.0. The highest BCUT2D eigenvalue weighted by Crippen LogP contribution is 2.19. The highest BCUT2D eigenvalue weighted by molar-refractivity contribution is 5.96. The van der Waals surface area contributed by atoms with Crippen LogP contribution in [0.25, 0.3) is 10.9 Å². The molecule has 0 unspecified atom stereocenters. The maximum Gasteiger partial charge on any atom is 0.243 e. The molecule has 2 heterocycles. The Morgan fingerprint density at radius 3 is 2.02 bits per heavy atom. The number of nitrogens with zero attached hydrogens (tertiary/aromatic N) is 2. The summed E-state index contributed by atoms with van der Waals surface area (Å²) < 4.78 is 0. The number of rotatable bonds is 20. The lowest BCUT2D eigenvalue weighted by Crippen LogP contribution is -2.59. The van der Waals surface area contributed by atoms with Gasteiger partial charge in [-0.15, -0.1) is 0 Å². The predicted octanol–water partition coefficient (Wildman–Crippen LogP) is -1.47. The average Bonchev–Trinajstić information content (AvgIpc) is 3.81. The van der Waals surface area contributed by atoms with Gasteiger partial charge in [0.1, 0.15) is 24.2 Å². The van der Waals surface area contributed by atoms with Crippen LogP contribution in [0.15, 0.2) is 78.3 Å². The SMILES string of the molecule is CC(=O)N[C@@H](Cc1cnc[nH]1)C(=O)N[C@@H](Cc1ccccc1)C(=O)N[C@@H](CCCN=C(N)N)C(=O)N[C@@H](Cc1c[nH]c2ccccc12)C(=O)NCC(N)=O. The topological polar surface area (TPSA) is 297 Å². The third-order valence-corrected chi connectivity index (χ3v) is 8.34. The minimum Gasteiger partial charge on any atom is -0.370 e. The number of nitrogens with two attached hydrogens (primary N) is 3. The van der Waals surface area contributed by atoms with Crippen molar-refractivity contribution in [3.05, 3.63) is 90.1 Å². The number of amides is 6. The van der Waals surface area contributed by atoms with Crippen molar-refractivity contribution >= 4 is 52.3 Å². The first-order valence-electron chi connectivity index (χ1n) is 17.2. The van der Waals surface area contributed by atoms with E-state index < -0.39 is 66.2 Å². The number of fused-ring (bicyclic) bond motifs is 1. The molecule has 0 spiro atoms. The summed E-state index contributed by atoms with van der Waals surface area (Å²) in [4.78, 5) is 92.6. The van der Waals surface area contributed by atoms with Crippen molar-refractivity contribution in [3.8, 4) is 0 Å². The monoisotopic (exact) mass is 742 g/mol. The first kappa shape index (κ1) is 40.1. The summed E-state index contributed by atoms with van der Waals surface area (Å²) in [7, 11) is 0. The van der Waals surface area contributed by atoms with E-state index in [4.69, 9.17) is 17.2 Å². The number of guanidine groups is 1. The minimum atomic E-state index is -1.23. The molecule has 0 aliphatic rings. The Hall–Kier alpha value is -6.72. The van der Waals surface area contributed by atoms with Gasteiger partial charge in [-0.2, -0.15) is 0 Å². The molecule has 0 aliphatic carbocycles. The number of hydrogen-bond acceptors (Lipinski definition) is 8. The summed E-state index contributed by atoms with van der Waals surface area (Å²) in [5, 5.41) is 14.1. The Morgan fingerprint density at radius 2 is 1.37 bits per heavy atom. The maximum atomic E-state index is 14.1. The lowest BCUT2D eigenvalue weighted by molar-refractivity contribution is -0.134. The van der Waals surface area contributed by atoms with Crippen LogP contribution < -0.4 is 43.8 Å². The molecule has 0 bridgehead atoms. The van der Waals surface area contributed by atoms with Gasteiger partial charge in [-0.05, 0) is 30.0 Å². The maximum absolute atomic E-state index is 14.1. The molecule has 286 valence electrons. The zero-order valence-electron chi connectivity index (χ0n) is 29.8. The predicted molar refractivity (Wildman–Crippen MR) is 200 cm³/mol. The molecule has 0 saturated carbocycles. The molecule has 18 nitrogen and oxygen atoms in total. The van der Waals surface area contributed by atoms with Gasteiger partial charge in [-0.25, -0.2) is 4.98 Å². The Morgan fingerprint density at radius 1 is 0.741 bits per heavy atom. The fourth-order valence-electron chi connectivity index (χ4n) is 5.75. The third-order valence-electron chi connectivity index (χ3n) is 8.34. The van der Waals surface area contributed by atoms with Crippen LogP contribution >= 0.6 is 0 Å². The molecule has 2 aromatic heterocycles. The molecule has 0 saturated heterocycles. The van der Waals surface area contributed by atoms with Gasteiger partial charge in [-0.1, -0.05) is 48.5 Å². The number of aromatic nitrogens is 3. The summed E-state index contributed by atoms with van der Waals surface area (Å²) in [5.74, 6) is -4.13. The second-order valence-corrected chi connectivity index (χ2v) is 12.6. The molecule has 4 rings (SSSR count). The van der Waals surface area contributed by atoms with Crippen LogP contribution in [0.5, 0.6) is 0 Å². The highest BCUT2D eigenvalue weighted by atomic mass is 16.2. The van der Waals surface area contributed by atoms with Crippen molar-refractivity contribution < 1.29 is 28.8 Å². The molecular formula is C36H46N12O6. The minimum absolute atomic E-state index is 0.0303. The van der Waals surface area contributed by atoms with Crippen LogP contribution in [0.1, 0.15) is 36.6 Å². The molecule has 18 heteroatoms. The van der Waals surface area contributed by atoms with Gasteiger partial charge in [0.25, 0.3) is 0 Å². The Bertz CT molecular complexity index is 1920. The summed E-state index contributed by atoms with van der Waals surface area (Å²) in [6, 6.07) is 11.7. The Labute approximate surface area is 310 Å². The lowest BCUT2D eigenvalue weighted by atomic mass is 10.0. The smallest absolute Gasteiger partial charge is 0.243 e. The third kappa shape index (κ3) is 12.5. The number of H-pyrrole nitrogens is 2. The van der Waals surface area contributed by atoms with Gasteiger partial charge in [0.2, 0.25) is 35.4 Å². The Balaban J connectivity index is 1.60. The second kappa shape index (κ2) is 19.8. The number of carbonyl (C=O) groups excluding carboxylic acids is 6. The molecule has 4 atom stereocenters. The van der Waals surface area contributed by atoms with Gasteiger partial charge in [0, 0.05) is 61.7 Å². The number of carbonyl (C=O) groups is 6. The van der Waals surface area contributed by atoms with Crippen molar-refractivity contribution in [1.82, 2.24) is 41.5 Å². The van der Waals surface area contributed by atoms with Crippen molar-refractivity contribution in [3.63, 3.8) is 0 Å². The normalized spacial score (nSPS) is 13.1. The van der Waals surface area contributed by atoms with Crippen molar-refractivity contribution in [2.24, 2.45) is 22.2 Å². The van der Waals surface area contributed by atoms with Gasteiger partial charge in [0.15, 0.2) is 5.96 Å². The van der Waals surface area contributed by atoms with Crippen LogP contribution in [-0.4, -0.2) is 93.6 Å². The van der Waals surface area contributed by atoms with E-state index in [0.29, 0.717) is 16.8 Å². The number of primary amides is 1. The summed E-state index contributed by atoms with van der Waals surface area (Å²) in [5.41, 5.74) is 19.1. The zero-order valence-corrected chi connectivity index (χ0v) is 29.8. The van der Waals surface area contributed by atoms with Crippen molar-refractivity contribution in [2.45, 2.75) is 63.2 Å². The summed E-state index contributed by atoms with van der Waals surface area (Å²) in [6.07, 6.45) is 5.10. The number of imidazole rings is 1. The number of aliphatic imine (C=N–C) groups is 1. The van der Waals surface area contributed by atoms with Gasteiger partial charge in [0.05, 0.1) is 12.9 Å². The molecule has 4 aromatic rings. The van der Waals surface area contributed by atoms with Gasteiger partial charge >= 0.3 is 0 Å². The van der Waals surface area contributed by atoms with E-state index >= 15 is 0 Å². The number of para-hydroxylation sites is 1. The standard InChI is InChI=1S/C36H46N12O6/c1-21(49)45-30(16-24-18-40-20-44-24)35(54)47-28(14-22-8-3-2-4-9-22)34(53)46-27(12-7-13-41-36(38)39)33(52)48-29(32(51)43-19-31(37)50)15-23-17-42-26-11-6-5-10-25(23)26/h2-6,8-11,17-18,20,27-30,42H,7,12-16,19H2,1H3,(H2,37,50)(H,40,44)(H,43,51)(H,45,49)(H,46,53)(H,47,54)(H,48,52)(H4,38,39,41)/t27-,28-,29-,30-/m0/s1. The van der Waals surface area contributed by atoms with E-state index in [1.807, 2.05) is 24.3 Å². The van der Waals surface area contributed by atoms with E-state index in [1.165, 1.54) is 19.4 Å². The van der Waals surface area contributed by atoms with Crippen LogP contribution in [0.3, 0.4) is 0 Å². The first-order valence-corrected chi connectivity index (χ1v) is 17.2. The molecular weight excluding hydrogens is 696 g/mol. The number of aromatic amines is 2. The van der Waals surface area contributed by atoms with E-state index in [-0.39, 0.29) is 44.6 Å². The van der Waals surface area contributed by atoms with Crippen LogP contribution in [0.4, 0.5) is 0 Å². The molecule has 2 aromatic carbocycles. The van der Waals surface area contributed by atoms with Gasteiger partial charge in [-0.3, -0.25) is 33.8 Å². The average molecular weight is 743 g/mol. The molecule has 6 amide bonds. The van der Waals surface area contributed by atoms with E-state index in [1.54, 1.807) is 36.5 Å². The van der Waals surface area contributed by atoms with Crippen LogP contribution in [0, 0.1) is 0 Å². The largest absolute Gasteiger partial charge is 0.370 e. The Kier molecular flexibility index (Phi) is 14.7. The van der Waals surface area contributed by atoms with Crippen molar-refractivity contribution in [1.29, 1.82) is 0 Å². The van der Waals surface area contributed by atoms with E-state index in [9.17, 15) is 28.8 Å². The quantitative estimate of drug-likeness (QED) is 0.0287.